The van der Waals surface area contributed by atoms with Crippen molar-refractivity contribution in [1.29, 1.82) is 0 Å². The van der Waals surface area contributed by atoms with Crippen LogP contribution in [-0.2, 0) is 17.3 Å². The fourth-order valence-corrected chi connectivity index (χ4v) is 4.74. The first-order valence-corrected chi connectivity index (χ1v) is 12.0. The maximum absolute atomic E-state index is 6.22. The Morgan fingerprint density at radius 1 is 0.794 bits per heavy atom. The molecule has 5 rings (SSSR count). The molecule has 0 fully saturated rings. The summed E-state index contributed by atoms with van der Waals surface area (Å²) in [5, 5.41) is 2.12. The second kappa shape index (κ2) is 8.09. The zero-order valence-electron chi connectivity index (χ0n) is 20.9. The van der Waals surface area contributed by atoms with Crippen molar-refractivity contribution >= 4 is 22.1 Å². The molecule has 0 radical (unpaired) electrons. The number of furan rings is 1. The number of pyridine rings is 2. The average molecular weight is 449 g/mol. The van der Waals surface area contributed by atoms with Gasteiger partial charge in [-0.25, -0.2) is 4.98 Å². The van der Waals surface area contributed by atoms with E-state index in [2.05, 4.69) is 100 Å². The molecule has 0 amide bonds. The molecule has 0 spiro atoms. The summed E-state index contributed by atoms with van der Waals surface area (Å²) in [6.07, 6.45) is 2.83. The Balaban J connectivity index is 1.49. The molecule has 0 atom stereocenters. The van der Waals surface area contributed by atoms with Crippen molar-refractivity contribution in [3.63, 3.8) is 0 Å². The molecule has 3 aromatic heterocycles. The van der Waals surface area contributed by atoms with Crippen molar-refractivity contribution in [2.24, 2.45) is 0 Å². The normalized spacial score (nSPS) is 12.5. The van der Waals surface area contributed by atoms with E-state index in [-0.39, 0.29) is 10.8 Å². The van der Waals surface area contributed by atoms with Crippen molar-refractivity contribution < 1.29 is 4.42 Å². The predicted octanol–water partition coefficient (Wildman–Crippen LogP) is 8.17. The van der Waals surface area contributed by atoms with E-state index in [0.29, 0.717) is 5.71 Å². The van der Waals surface area contributed by atoms with Crippen LogP contribution in [-0.4, -0.2) is 9.97 Å². The number of nitrogens with zero attached hydrogens (tertiary/aromatic N) is 2. The highest BCUT2D eigenvalue weighted by atomic mass is 16.3. The summed E-state index contributed by atoms with van der Waals surface area (Å²) in [5.41, 5.74) is 8.54. The van der Waals surface area contributed by atoms with Gasteiger partial charge < -0.3 is 4.42 Å². The van der Waals surface area contributed by atoms with Crippen LogP contribution in [0, 0.1) is 6.92 Å². The summed E-state index contributed by atoms with van der Waals surface area (Å²) in [6, 6.07) is 23.8. The molecule has 0 unspecified atom stereocenters. The highest BCUT2D eigenvalue weighted by Crippen LogP contribution is 2.36. The number of aryl methyl sites for hydroxylation is 1. The number of para-hydroxylation sites is 1. The number of hydrogen-bond donors (Lipinski definition) is 0. The average Bonchev–Trinajstić information content (AvgIpc) is 3.16. The largest absolute Gasteiger partial charge is 0.437 e. The van der Waals surface area contributed by atoms with Gasteiger partial charge >= 0.3 is 0 Å². The molecule has 172 valence electrons. The van der Waals surface area contributed by atoms with Crippen LogP contribution in [0.15, 0.2) is 77.3 Å². The van der Waals surface area contributed by atoms with Gasteiger partial charge in [0.2, 0.25) is 5.71 Å². The molecule has 0 bridgehead atoms. The Morgan fingerprint density at radius 3 is 2.26 bits per heavy atom. The molecule has 2 aromatic carbocycles. The molecule has 0 aliphatic carbocycles. The number of hydrogen-bond acceptors (Lipinski definition) is 3. The SMILES string of the molecule is Cc1ccc2c(n1)oc1c(-c3cc(CC(C)(C)c4ccc(C(C)(C)C)cc4)ccn3)cccc12. The molecule has 3 heterocycles. The minimum atomic E-state index is 0.00184. The van der Waals surface area contributed by atoms with Crippen LogP contribution >= 0.6 is 0 Å². The lowest BCUT2D eigenvalue weighted by Crippen LogP contribution is -2.21. The first kappa shape index (κ1) is 22.3. The second-order valence-electron chi connectivity index (χ2n) is 11.0. The van der Waals surface area contributed by atoms with Gasteiger partial charge in [0.25, 0.3) is 0 Å². The van der Waals surface area contributed by atoms with Crippen molar-refractivity contribution in [3.05, 3.63) is 95.3 Å². The molecule has 3 heteroatoms. The predicted molar refractivity (Wildman–Crippen MR) is 141 cm³/mol. The minimum Gasteiger partial charge on any atom is -0.437 e. The van der Waals surface area contributed by atoms with Crippen molar-refractivity contribution in [2.75, 3.05) is 0 Å². The summed E-state index contributed by atoms with van der Waals surface area (Å²) in [6.45, 7) is 13.4. The number of fused-ring (bicyclic) bond motifs is 3. The Labute approximate surface area is 201 Å². The maximum atomic E-state index is 6.22. The topological polar surface area (TPSA) is 38.9 Å². The molecule has 0 aliphatic rings. The van der Waals surface area contributed by atoms with Gasteiger partial charge in [0.15, 0.2) is 0 Å². The smallest absolute Gasteiger partial charge is 0.227 e. The summed E-state index contributed by atoms with van der Waals surface area (Å²) in [4.78, 5) is 9.29. The van der Waals surface area contributed by atoms with Gasteiger partial charge in [-0.2, -0.15) is 0 Å². The third-order valence-corrected chi connectivity index (χ3v) is 6.78. The molecule has 5 aromatic rings. The number of aromatic nitrogens is 2. The summed E-state index contributed by atoms with van der Waals surface area (Å²) >= 11 is 0. The van der Waals surface area contributed by atoms with Gasteiger partial charge in [0, 0.05) is 28.2 Å². The maximum Gasteiger partial charge on any atom is 0.227 e. The zero-order valence-corrected chi connectivity index (χ0v) is 20.9. The molecule has 34 heavy (non-hydrogen) atoms. The third-order valence-electron chi connectivity index (χ3n) is 6.78. The number of benzene rings is 2. The van der Waals surface area contributed by atoms with Gasteiger partial charge in [0.05, 0.1) is 5.69 Å². The van der Waals surface area contributed by atoms with Gasteiger partial charge in [-0.05, 0) is 71.2 Å². The molecule has 0 saturated carbocycles. The van der Waals surface area contributed by atoms with E-state index in [9.17, 15) is 0 Å². The minimum absolute atomic E-state index is 0.00184. The molecule has 0 aliphatic heterocycles. The molecule has 3 nitrogen and oxygen atoms in total. The van der Waals surface area contributed by atoms with E-state index in [1.807, 2.05) is 19.2 Å². The van der Waals surface area contributed by atoms with Gasteiger partial charge in [-0.1, -0.05) is 71.0 Å². The molecule has 0 N–H and O–H groups in total. The Hall–Kier alpha value is -3.46. The van der Waals surface area contributed by atoms with Gasteiger partial charge in [0.1, 0.15) is 5.58 Å². The van der Waals surface area contributed by atoms with E-state index >= 15 is 0 Å². The Morgan fingerprint density at radius 2 is 1.53 bits per heavy atom. The lowest BCUT2D eigenvalue weighted by atomic mass is 9.77. The van der Waals surface area contributed by atoms with E-state index < -0.39 is 0 Å². The van der Waals surface area contributed by atoms with E-state index in [0.717, 1.165) is 39.7 Å². The summed E-state index contributed by atoms with van der Waals surface area (Å²) in [7, 11) is 0. The summed E-state index contributed by atoms with van der Waals surface area (Å²) in [5.74, 6) is 0. The fourth-order valence-electron chi connectivity index (χ4n) is 4.74. The van der Waals surface area contributed by atoms with Crippen LogP contribution in [0.5, 0.6) is 0 Å². The lowest BCUT2D eigenvalue weighted by Gasteiger charge is -2.27. The fraction of sp³-hybridized carbons (Fsp3) is 0.290. The zero-order chi connectivity index (χ0) is 24.1. The Kier molecular flexibility index (Phi) is 5.31. The molecular formula is C31H32N2O. The number of rotatable bonds is 4. The lowest BCUT2D eigenvalue weighted by molar-refractivity contribution is 0.520. The Bertz CT molecular complexity index is 1480. The highest BCUT2D eigenvalue weighted by molar-refractivity contribution is 6.08. The van der Waals surface area contributed by atoms with Crippen molar-refractivity contribution in [3.8, 4) is 11.3 Å². The molecule has 0 saturated heterocycles. The second-order valence-corrected chi connectivity index (χ2v) is 11.0. The van der Waals surface area contributed by atoms with E-state index in [4.69, 9.17) is 9.40 Å². The standard InChI is InChI=1S/C31H32N2O/c1-20-10-15-25-24-8-7-9-26(28(24)34-29(25)33-20)27-18-21(16-17-32-27)19-31(5,6)23-13-11-22(12-14-23)30(2,3)4/h7-18H,19H2,1-6H3. The van der Waals surface area contributed by atoms with Crippen molar-refractivity contribution in [1.82, 2.24) is 9.97 Å². The van der Waals surface area contributed by atoms with Crippen molar-refractivity contribution in [2.45, 2.75) is 58.8 Å². The first-order chi connectivity index (χ1) is 16.1. The van der Waals surface area contributed by atoms with Gasteiger partial charge in [-0.3, -0.25) is 4.98 Å². The van der Waals surface area contributed by atoms with E-state index in [1.165, 1.54) is 16.7 Å². The quantitative estimate of drug-likeness (QED) is 0.278. The van der Waals surface area contributed by atoms with Crippen LogP contribution in [0.2, 0.25) is 0 Å². The monoisotopic (exact) mass is 448 g/mol. The molecular weight excluding hydrogens is 416 g/mol. The van der Waals surface area contributed by atoms with Crippen LogP contribution in [0.4, 0.5) is 0 Å². The van der Waals surface area contributed by atoms with Gasteiger partial charge in [-0.15, -0.1) is 0 Å². The van der Waals surface area contributed by atoms with Crippen LogP contribution < -0.4 is 0 Å². The van der Waals surface area contributed by atoms with Crippen LogP contribution in [0.1, 0.15) is 57.0 Å². The summed E-state index contributed by atoms with van der Waals surface area (Å²) < 4.78 is 6.22. The van der Waals surface area contributed by atoms with Crippen LogP contribution in [0.3, 0.4) is 0 Å². The van der Waals surface area contributed by atoms with Crippen LogP contribution in [0.25, 0.3) is 33.3 Å². The first-order valence-electron chi connectivity index (χ1n) is 12.0. The van der Waals surface area contributed by atoms with E-state index in [1.54, 1.807) is 0 Å². The highest BCUT2D eigenvalue weighted by Gasteiger charge is 2.23. The third kappa shape index (κ3) is 4.11.